The van der Waals surface area contributed by atoms with E-state index in [4.69, 9.17) is 10.00 Å². The average Bonchev–Trinajstić information content (AvgIpc) is 3.72. The van der Waals surface area contributed by atoms with Crippen molar-refractivity contribution in [2.75, 3.05) is 11.4 Å². The highest BCUT2D eigenvalue weighted by atomic mass is 32.1. The number of hydrogen-bond acceptors (Lipinski definition) is 6. The highest BCUT2D eigenvalue weighted by molar-refractivity contribution is 7.18. The van der Waals surface area contributed by atoms with E-state index in [-0.39, 0.29) is 12.2 Å². The quantitative estimate of drug-likeness (QED) is 0.0582. The van der Waals surface area contributed by atoms with Crippen molar-refractivity contribution in [3.63, 3.8) is 0 Å². The molecule has 5 aromatic rings. The number of nitriles is 1. The molecule has 0 unspecified atom stereocenters. The average molecular weight is 603 g/mol. The summed E-state index contributed by atoms with van der Waals surface area (Å²) in [4.78, 5) is 17.5. The number of unbranched alkanes of at least 4 members (excludes halogenated alkanes) is 3. The van der Waals surface area contributed by atoms with Crippen LogP contribution in [0.2, 0.25) is 0 Å². The number of rotatable bonds is 13. The number of allylic oxidation sites excluding steroid dienone is 1. The van der Waals surface area contributed by atoms with Gasteiger partial charge in [-0.15, -0.1) is 22.7 Å². The lowest BCUT2D eigenvalue weighted by atomic mass is 10.1. The highest BCUT2D eigenvalue weighted by Crippen LogP contribution is 2.37. The fourth-order valence-corrected chi connectivity index (χ4v) is 6.90. The molecule has 216 valence electrons. The SMILES string of the molecule is CCCCCCN(c1ccc(-c2ccc(/C=C(\C#N)OC=O)s2)cc1)c1ccc(-c2ccc(-c3ccc(C)cc3)s2)cc1. The third-order valence-electron chi connectivity index (χ3n) is 7.29. The second-order valence-electron chi connectivity index (χ2n) is 10.4. The predicted molar refractivity (Wildman–Crippen MR) is 182 cm³/mol. The van der Waals surface area contributed by atoms with Gasteiger partial charge in [-0.25, -0.2) is 0 Å². The van der Waals surface area contributed by atoms with E-state index >= 15 is 0 Å². The number of carbonyl (C=O) groups is 1. The maximum atomic E-state index is 10.6. The number of anilines is 2. The lowest BCUT2D eigenvalue weighted by Crippen LogP contribution is -2.18. The molecule has 43 heavy (non-hydrogen) atoms. The zero-order chi connectivity index (χ0) is 30.0. The molecule has 3 aromatic carbocycles. The Morgan fingerprint density at radius 1 is 0.744 bits per heavy atom. The first kappa shape index (κ1) is 30.0. The van der Waals surface area contributed by atoms with Crippen LogP contribution in [0.4, 0.5) is 11.4 Å². The van der Waals surface area contributed by atoms with Crippen molar-refractivity contribution in [1.29, 1.82) is 5.26 Å². The van der Waals surface area contributed by atoms with Gasteiger partial charge in [0.15, 0.2) is 0 Å². The van der Waals surface area contributed by atoms with E-state index in [9.17, 15) is 4.79 Å². The molecule has 0 N–H and O–H groups in total. The first-order valence-corrected chi connectivity index (χ1v) is 16.2. The van der Waals surface area contributed by atoms with E-state index in [2.05, 4.69) is 104 Å². The summed E-state index contributed by atoms with van der Waals surface area (Å²) < 4.78 is 4.72. The summed E-state index contributed by atoms with van der Waals surface area (Å²) in [6.45, 7) is 5.59. The third kappa shape index (κ3) is 7.70. The van der Waals surface area contributed by atoms with Crippen LogP contribution in [0.5, 0.6) is 0 Å². The number of benzene rings is 3. The Bertz CT molecular complexity index is 1710. The van der Waals surface area contributed by atoms with E-state index < -0.39 is 0 Å². The van der Waals surface area contributed by atoms with Crippen LogP contribution in [0.1, 0.15) is 43.0 Å². The molecule has 0 aliphatic carbocycles. The van der Waals surface area contributed by atoms with Gasteiger partial charge in [0.05, 0.1) is 0 Å². The molecule has 0 saturated heterocycles. The summed E-state index contributed by atoms with van der Waals surface area (Å²) in [6, 6.07) is 36.6. The van der Waals surface area contributed by atoms with Crippen LogP contribution in [-0.4, -0.2) is 13.0 Å². The lowest BCUT2D eigenvalue weighted by Gasteiger charge is -2.25. The molecule has 0 bridgehead atoms. The molecule has 0 aliphatic heterocycles. The maximum absolute atomic E-state index is 10.6. The van der Waals surface area contributed by atoms with Crippen LogP contribution in [0.25, 0.3) is 37.4 Å². The minimum Gasteiger partial charge on any atom is -0.417 e. The molecule has 0 amide bonds. The largest absolute Gasteiger partial charge is 0.417 e. The van der Waals surface area contributed by atoms with Crippen molar-refractivity contribution in [2.45, 2.75) is 39.5 Å². The topological polar surface area (TPSA) is 53.3 Å². The molecule has 4 nitrogen and oxygen atoms in total. The Labute approximate surface area is 262 Å². The lowest BCUT2D eigenvalue weighted by molar-refractivity contribution is -0.124. The molecule has 0 aliphatic rings. The van der Waals surface area contributed by atoms with Gasteiger partial charge in [0.2, 0.25) is 5.76 Å². The molecule has 0 saturated carbocycles. The maximum Gasteiger partial charge on any atom is 0.299 e. The highest BCUT2D eigenvalue weighted by Gasteiger charge is 2.12. The summed E-state index contributed by atoms with van der Waals surface area (Å²) in [5.41, 5.74) is 7.21. The Morgan fingerprint density at radius 3 is 1.81 bits per heavy atom. The molecule has 2 aromatic heterocycles. The van der Waals surface area contributed by atoms with Gasteiger partial charge in [-0.1, -0.05) is 80.3 Å². The van der Waals surface area contributed by atoms with Crippen molar-refractivity contribution in [3.8, 4) is 37.4 Å². The Hall–Kier alpha value is -4.44. The van der Waals surface area contributed by atoms with Crippen LogP contribution in [0.15, 0.2) is 103 Å². The summed E-state index contributed by atoms with van der Waals surface area (Å²) in [6.07, 6.45) is 6.38. The number of carbonyl (C=O) groups excluding carboxylic acids is 1. The van der Waals surface area contributed by atoms with Gasteiger partial charge in [-0.05, 0) is 78.6 Å². The first-order chi connectivity index (χ1) is 21.1. The number of nitrogens with zero attached hydrogens (tertiary/aromatic N) is 2. The molecule has 0 spiro atoms. The number of ether oxygens (including phenoxy) is 1. The first-order valence-electron chi connectivity index (χ1n) is 14.5. The summed E-state index contributed by atoms with van der Waals surface area (Å²) in [5, 5.41) is 9.13. The summed E-state index contributed by atoms with van der Waals surface area (Å²) in [5.74, 6) is -0.0192. The number of hydrogen-bond donors (Lipinski definition) is 0. The summed E-state index contributed by atoms with van der Waals surface area (Å²) >= 11 is 3.38. The monoisotopic (exact) mass is 602 g/mol. The smallest absolute Gasteiger partial charge is 0.299 e. The standard InChI is InChI=1S/C37H34N2O2S2/c1-3-4-5-6-23-39(31-15-11-29(12-16-31)35-20-19-34(42-35)24-33(25-38)41-26-40)32-17-13-30(14-18-32)37-22-21-36(43-37)28-9-7-27(2)8-10-28/h7-22,24,26H,3-6,23H2,1-2H3/b33-24+. The van der Waals surface area contributed by atoms with Gasteiger partial charge in [0, 0.05) is 43.5 Å². The fraction of sp³-hybridized carbons (Fsp3) is 0.189. The molecular formula is C37H34N2O2S2. The zero-order valence-electron chi connectivity index (χ0n) is 24.5. The second-order valence-corrected chi connectivity index (χ2v) is 12.6. The van der Waals surface area contributed by atoms with Crippen molar-refractivity contribution in [3.05, 3.63) is 113 Å². The molecule has 0 radical (unpaired) electrons. The van der Waals surface area contributed by atoms with E-state index in [1.165, 1.54) is 51.4 Å². The molecular weight excluding hydrogens is 569 g/mol. The van der Waals surface area contributed by atoms with Crippen LogP contribution in [-0.2, 0) is 9.53 Å². The predicted octanol–water partition coefficient (Wildman–Crippen LogP) is 10.9. The van der Waals surface area contributed by atoms with E-state index in [1.807, 2.05) is 29.5 Å². The molecule has 5 rings (SSSR count). The minimum absolute atomic E-state index is 0.0192. The van der Waals surface area contributed by atoms with Gasteiger partial charge >= 0.3 is 0 Å². The van der Waals surface area contributed by atoms with Gasteiger partial charge in [-0.2, -0.15) is 5.26 Å². The fourth-order valence-electron chi connectivity index (χ4n) is 4.94. The molecule has 0 atom stereocenters. The van der Waals surface area contributed by atoms with Gasteiger partial charge in [0.1, 0.15) is 6.07 Å². The number of thiophene rings is 2. The van der Waals surface area contributed by atoms with Crippen molar-refractivity contribution in [1.82, 2.24) is 0 Å². The van der Waals surface area contributed by atoms with Gasteiger partial charge in [-0.3, -0.25) is 4.79 Å². The zero-order valence-corrected chi connectivity index (χ0v) is 26.1. The minimum atomic E-state index is -0.0192. The van der Waals surface area contributed by atoms with E-state index in [0.717, 1.165) is 34.0 Å². The molecule has 0 fully saturated rings. The van der Waals surface area contributed by atoms with Crippen molar-refractivity contribution >= 4 is 46.6 Å². The van der Waals surface area contributed by atoms with E-state index in [0.29, 0.717) is 0 Å². The Balaban J connectivity index is 1.35. The summed E-state index contributed by atoms with van der Waals surface area (Å²) in [7, 11) is 0. The van der Waals surface area contributed by atoms with Gasteiger partial charge in [0.25, 0.3) is 6.47 Å². The Kier molecular flexibility index (Phi) is 10.2. The number of aryl methyl sites for hydroxylation is 1. The second kappa shape index (κ2) is 14.6. The van der Waals surface area contributed by atoms with Crippen LogP contribution < -0.4 is 4.90 Å². The Morgan fingerprint density at radius 2 is 1.28 bits per heavy atom. The van der Waals surface area contributed by atoms with Crippen molar-refractivity contribution in [2.24, 2.45) is 0 Å². The normalized spacial score (nSPS) is 11.2. The van der Waals surface area contributed by atoms with Crippen LogP contribution in [0, 0.1) is 18.3 Å². The van der Waals surface area contributed by atoms with E-state index in [1.54, 1.807) is 17.4 Å². The van der Waals surface area contributed by atoms with Crippen LogP contribution >= 0.6 is 22.7 Å². The van der Waals surface area contributed by atoms with Crippen molar-refractivity contribution < 1.29 is 9.53 Å². The van der Waals surface area contributed by atoms with Gasteiger partial charge < -0.3 is 9.64 Å². The van der Waals surface area contributed by atoms with Crippen LogP contribution in [0.3, 0.4) is 0 Å². The molecule has 6 heteroatoms. The molecule has 2 heterocycles. The third-order valence-corrected chi connectivity index (χ3v) is 9.55.